The topological polar surface area (TPSA) is 65.4 Å². The summed E-state index contributed by atoms with van der Waals surface area (Å²) in [6.45, 7) is 2.55. The lowest BCUT2D eigenvalue weighted by atomic mass is 10.1. The lowest BCUT2D eigenvalue weighted by Gasteiger charge is -2.26. The van der Waals surface area contributed by atoms with Crippen LogP contribution in [0.4, 0.5) is 5.95 Å². The van der Waals surface area contributed by atoms with Crippen molar-refractivity contribution >= 4 is 23.0 Å². The fraction of sp³-hybridized carbons (Fsp3) is 0.375. The molecular weight excluding hydrogens is 282 g/mol. The first kappa shape index (κ1) is 14.4. The van der Waals surface area contributed by atoms with Gasteiger partial charge >= 0.3 is 5.97 Å². The zero-order chi connectivity index (χ0) is 15.7. The molecule has 0 spiro atoms. The van der Waals surface area contributed by atoms with E-state index in [1.54, 1.807) is 12.1 Å². The summed E-state index contributed by atoms with van der Waals surface area (Å²) in [5, 5.41) is 3.12. The summed E-state index contributed by atoms with van der Waals surface area (Å²) < 4.78 is 12.8. The third kappa shape index (κ3) is 2.20. The van der Waals surface area contributed by atoms with E-state index >= 15 is 0 Å². The molecule has 1 aliphatic rings. The van der Waals surface area contributed by atoms with Gasteiger partial charge in [-0.3, -0.25) is 0 Å². The van der Waals surface area contributed by atoms with Gasteiger partial charge in [-0.1, -0.05) is 12.2 Å². The SMILES string of the molecule is C/C=C/CC1COc2cc(C(=O)OC)cc3nc(NC)n1c23. The number of esters is 1. The Kier molecular flexibility index (Phi) is 3.75. The van der Waals surface area contributed by atoms with Crippen molar-refractivity contribution in [2.24, 2.45) is 0 Å². The highest BCUT2D eigenvalue weighted by molar-refractivity contribution is 5.97. The van der Waals surface area contributed by atoms with Gasteiger partial charge in [-0.25, -0.2) is 9.78 Å². The first-order chi connectivity index (χ1) is 10.7. The first-order valence-electron chi connectivity index (χ1n) is 7.25. The van der Waals surface area contributed by atoms with Gasteiger partial charge in [0.15, 0.2) is 0 Å². The first-order valence-corrected chi connectivity index (χ1v) is 7.25. The van der Waals surface area contributed by atoms with E-state index in [4.69, 9.17) is 9.47 Å². The minimum atomic E-state index is -0.390. The summed E-state index contributed by atoms with van der Waals surface area (Å²) in [7, 11) is 3.21. The number of carbonyl (C=O) groups is 1. The molecule has 0 amide bonds. The average Bonchev–Trinajstić information content (AvgIpc) is 2.93. The van der Waals surface area contributed by atoms with E-state index in [2.05, 4.69) is 20.9 Å². The Morgan fingerprint density at radius 1 is 1.59 bits per heavy atom. The molecule has 0 radical (unpaired) electrons. The highest BCUT2D eigenvalue weighted by Crippen LogP contribution is 2.38. The second-order valence-electron chi connectivity index (χ2n) is 5.16. The Labute approximate surface area is 128 Å². The Balaban J connectivity index is 2.18. The molecule has 0 saturated carbocycles. The third-order valence-corrected chi connectivity index (χ3v) is 3.84. The van der Waals surface area contributed by atoms with Crippen LogP contribution in [0.3, 0.4) is 0 Å². The van der Waals surface area contributed by atoms with Crippen molar-refractivity contribution in [3.05, 3.63) is 29.8 Å². The van der Waals surface area contributed by atoms with Crippen LogP contribution in [0.1, 0.15) is 29.7 Å². The number of carbonyl (C=O) groups excluding carboxylic acids is 1. The third-order valence-electron chi connectivity index (χ3n) is 3.84. The summed E-state index contributed by atoms with van der Waals surface area (Å²) in [6, 6.07) is 3.64. The predicted molar refractivity (Wildman–Crippen MR) is 84.6 cm³/mol. The zero-order valence-corrected chi connectivity index (χ0v) is 12.9. The van der Waals surface area contributed by atoms with E-state index in [-0.39, 0.29) is 6.04 Å². The van der Waals surface area contributed by atoms with Gasteiger partial charge in [0.1, 0.15) is 17.9 Å². The second kappa shape index (κ2) is 5.71. The van der Waals surface area contributed by atoms with E-state index in [0.29, 0.717) is 17.9 Å². The van der Waals surface area contributed by atoms with Crippen LogP contribution >= 0.6 is 0 Å². The fourth-order valence-electron chi connectivity index (χ4n) is 2.80. The molecule has 1 aliphatic heterocycles. The van der Waals surface area contributed by atoms with E-state index in [0.717, 1.165) is 23.4 Å². The molecule has 6 nitrogen and oxygen atoms in total. The standard InChI is InChI=1S/C16H19N3O3/c1-4-5-6-11-9-22-13-8-10(15(20)21-3)7-12-14(13)19(11)16(17-2)18-12/h4-5,7-8,11H,6,9H2,1-3H3,(H,17,18)/b5-4+. The number of benzene rings is 1. The summed E-state index contributed by atoms with van der Waals surface area (Å²) in [5.41, 5.74) is 2.09. The number of methoxy groups -OCH3 is 1. The van der Waals surface area contributed by atoms with Crippen LogP contribution < -0.4 is 10.1 Å². The van der Waals surface area contributed by atoms with Gasteiger partial charge in [-0.15, -0.1) is 0 Å². The maximum atomic E-state index is 11.8. The number of imidazole rings is 1. The lowest BCUT2D eigenvalue weighted by molar-refractivity contribution is 0.0600. The van der Waals surface area contributed by atoms with Crippen LogP contribution in [-0.4, -0.2) is 36.3 Å². The molecule has 6 heteroatoms. The lowest BCUT2D eigenvalue weighted by Crippen LogP contribution is -2.23. The molecule has 116 valence electrons. The van der Waals surface area contributed by atoms with Gasteiger partial charge < -0.3 is 19.4 Å². The van der Waals surface area contributed by atoms with Gasteiger partial charge in [0.05, 0.1) is 24.2 Å². The van der Waals surface area contributed by atoms with Gasteiger partial charge in [0, 0.05) is 7.05 Å². The smallest absolute Gasteiger partial charge is 0.338 e. The second-order valence-corrected chi connectivity index (χ2v) is 5.16. The van der Waals surface area contributed by atoms with Crippen LogP contribution in [0.25, 0.3) is 11.0 Å². The molecule has 1 aromatic carbocycles. The maximum absolute atomic E-state index is 11.8. The van der Waals surface area contributed by atoms with Crippen molar-refractivity contribution in [3.8, 4) is 5.75 Å². The van der Waals surface area contributed by atoms with Crippen LogP contribution in [0.2, 0.25) is 0 Å². The number of nitrogens with zero attached hydrogens (tertiary/aromatic N) is 2. The van der Waals surface area contributed by atoms with Crippen molar-refractivity contribution in [2.45, 2.75) is 19.4 Å². The molecule has 1 unspecified atom stereocenters. The molecular formula is C16H19N3O3. The Morgan fingerprint density at radius 3 is 3.09 bits per heavy atom. The molecule has 0 saturated heterocycles. The van der Waals surface area contributed by atoms with Crippen molar-refractivity contribution < 1.29 is 14.3 Å². The molecule has 2 heterocycles. The minimum absolute atomic E-state index is 0.181. The summed E-state index contributed by atoms with van der Waals surface area (Å²) in [5.74, 6) is 1.05. The number of ether oxygens (including phenoxy) is 2. The normalized spacial score (nSPS) is 16.8. The summed E-state index contributed by atoms with van der Waals surface area (Å²) in [4.78, 5) is 16.4. The van der Waals surface area contributed by atoms with Crippen LogP contribution in [0.15, 0.2) is 24.3 Å². The molecule has 2 aromatic rings. The monoisotopic (exact) mass is 301 g/mol. The van der Waals surface area contributed by atoms with Crippen LogP contribution in [0.5, 0.6) is 5.75 Å². The number of rotatable bonds is 4. The number of allylic oxidation sites excluding steroid dienone is 2. The number of aromatic nitrogens is 2. The molecule has 0 aliphatic carbocycles. The number of hydrogen-bond acceptors (Lipinski definition) is 5. The maximum Gasteiger partial charge on any atom is 0.338 e. The largest absolute Gasteiger partial charge is 0.489 e. The minimum Gasteiger partial charge on any atom is -0.489 e. The van der Waals surface area contributed by atoms with Crippen LogP contribution in [0, 0.1) is 0 Å². The van der Waals surface area contributed by atoms with Crippen molar-refractivity contribution in [1.29, 1.82) is 0 Å². The van der Waals surface area contributed by atoms with Gasteiger partial charge in [-0.2, -0.15) is 0 Å². The van der Waals surface area contributed by atoms with Gasteiger partial charge in [-0.05, 0) is 25.5 Å². The molecule has 22 heavy (non-hydrogen) atoms. The zero-order valence-electron chi connectivity index (χ0n) is 12.9. The highest BCUT2D eigenvalue weighted by atomic mass is 16.5. The molecule has 0 fully saturated rings. The van der Waals surface area contributed by atoms with Crippen molar-refractivity contribution in [3.63, 3.8) is 0 Å². The molecule has 0 bridgehead atoms. The van der Waals surface area contributed by atoms with Gasteiger partial charge in [0.25, 0.3) is 0 Å². The predicted octanol–water partition coefficient (Wildman–Crippen LogP) is 2.76. The van der Waals surface area contributed by atoms with Crippen molar-refractivity contribution in [2.75, 3.05) is 26.1 Å². The van der Waals surface area contributed by atoms with Crippen molar-refractivity contribution in [1.82, 2.24) is 9.55 Å². The highest BCUT2D eigenvalue weighted by Gasteiger charge is 2.27. The number of hydrogen-bond donors (Lipinski definition) is 1. The summed E-state index contributed by atoms with van der Waals surface area (Å²) in [6.07, 6.45) is 5.02. The van der Waals surface area contributed by atoms with Crippen LogP contribution in [-0.2, 0) is 4.74 Å². The Hall–Kier alpha value is -2.50. The van der Waals surface area contributed by atoms with E-state index in [9.17, 15) is 4.79 Å². The Bertz CT molecular complexity index is 749. The fourth-order valence-corrected chi connectivity index (χ4v) is 2.80. The molecule has 1 atom stereocenters. The van der Waals surface area contributed by atoms with Gasteiger partial charge in [0.2, 0.25) is 5.95 Å². The van der Waals surface area contributed by atoms with E-state index < -0.39 is 5.97 Å². The summed E-state index contributed by atoms with van der Waals surface area (Å²) >= 11 is 0. The number of nitrogens with one attached hydrogen (secondary N) is 1. The quantitative estimate of drug-likeness (QED) is 0.695. The molecule has 1 aromatic heterocycles. The molecule has 3 rings (SSSR count). The Morgan fingerprint density at radius 2 is 2.41 bits per heavy atom. The average molecular weight is 301 g/mol. The number of anilines is 1. The molecule has 1 N–H and O–H groups in total. The van der Waals surface area contributed by atoms with E-state index in [1.165, 1.54) is 7.11 Å². The van der Waals surface area contributed by atoms with E-state index in [1.807, 2.05) is 20.0 Å².